The Balaban J connectivity index is 1.54. The number of benzene rings is 2. The van der Waals surface area contributed by atoms with Crippen LogP contribution in [0.1, 0.15) is 34.0 Å². The van der Waals surface area contributed by atoms with E-state index in [2.05, 4.69) is 41.8 Å². The van der Waals surface area contributed by atoms with Crippen LogP contribution in [0.4, 0.5) is 10.1 Å². The molecule has 0 radical (unpaired) electrons. The van der Waals surface area contributed by atoms with Gasteiger partial charge in [-0.05, 0) is 59.7 Å². The molecule has 0 fully saturated rings. The van der Waals surface area contributed by atoms with E-state index in [1.54, 1.807) is 24.0 Å². The summed E-state index contributed by atoms with van der Waals surface area (Å²) in [5.41, 5.74) is 0.680. The van der Waals surface area contributed by atoms with Crippen molar-refractivity contribution in [2.75, 3.05) is 11.4 Å². The number of aryl methyl sites for hydroxylation is 2. The van der Waals surface area contributed by atoms with Gasteiger partial charge in [-0.1, -0.05) is 17.5 Å². The number of nitrogens with zero attached hydrogens (tertiary/aromatic N) is 5. The number of aromatic nitrogens is 6. The molecule has 14 heteroatoms. The summed E-state index contributed by atoms with van der Waals surface area (Å²) in [4.78, 5) is 45.3. The fourth-order valence-corrected chi connectivity index (χ4v) is 4.16. The summed E-state index contributed by atoms with van der Waals surface area (Å²) < 4.78 is 15.1. The maximum atomic E-state index is 15.1. The Hall–Kier alpha value is -4.83. The van der Waals surface area contributed by atoms with Gasteiger partial charge in [-0.3, -0.25) is 9.59 Å². The van der Waals surface area contributed by atoms with Crippen LogP contribution in [0.5, 0.6) is 0 Å². The second-order valence-corrected chi connectivity index (χ2v) is 8.99. The molecule has 1 amide bonds. The molecule has 2 aromatic heterocycles. The van der Waals surface area contributed by atoms with Gasteiger partial charge in [-0.2, -0.15) is 0 Å². The number of aromatic amines is 2. The number of carboxylic acid groups (broad SMARTS) is 1. The van der Waals surface area contributed by atoms with Crippen LogP contribution in [-0.2, 0) is 17.8 Å². The molecule has 0 aliphatic carbocycles. The van der Waals surface area contributed by atoms with Crippen LogP contribution in [0.2, 0.25) is 5.02 Å². The summed E-state index contributed by atoms with van der Waals surface area (Å²) >= 11 is 6.45. The monoisotopic (exact) mass is 552 g/mol. The molecule has 0 unspecified atom stereocenters. The molecule has 2 heterocycles. The SMILES string of the molecule is C#CCN(Cc1cc2c(=O)[nH]c(C)nc2cc1Cl)c1ccc(C(=O)N[C@@H](CCc2nnn[nH]2)C(=O)O)c(F)c1. The average Bonchev–Trinajstić information content (AvgIpc) is 3.40. The van der Waals surface area contributed by atoms with E-state index in [-0.39, 0.29) is 37.1 Å². The van der Waals surface area contributed by atoms with E-state index in [1.165, 1.54) is 12.1 Å². The van der Waals surface area contributed by atoms with Crippen molar-refractivity contribution in [3.63, 3.8) is 0 Å². The van der Waals surface area contributed by atoms with Crippen LogP contribution < -0.4 is 15.8 Å². The van der Waals surface area contributed by atoms with E-state index in [4.69, 9.17) is 18.0 Å². The minimum atomic E-state index is -1.30. The molecular formula is C25H22ClFN8O4. The molecule has 0 aliphatic rings. The Morgan fingerprint density at radius 3 is 2.77 bits per heavy atom. The lowest BCUT2D eigenvalue weighted by atomic mass is 10.1. The van der Waals surface area contributed by atoms with Crippen LogP contribution >= 0.6 is 11.6 Å². The highest BCUT2D eigenvalue weighted by Crippen LogP contribution is 2.26. The first-order chi connectivity index (χ1) is 18.7. The highest BCUT2D eigenvalue weighted by atomic mass is 35.5. The quantitative estimate of drug-likeness (QED) is 0.215. The number of halogens is 2. The van der Waals surface area contributed by atoms with E-state index in [0.29, 0.717) is 38.8 Å². The minimum Gasteiger partial charge on any atom is -0.480 e. The van der Waals surface area contributed by atoms with E-state index in [9.17, 15) is 19.5 Å². The topological polar surface area (TPSA) is 170 Å². The largest absolute Gasteiger partial charge is 0.480 e. The van der Waals surface area contributed by atoms with Gasteiger partial charge < -0.3 is 20.3 Å². The Morgan fingerprint density at radius 2 is 2.10 bits per heavy atom. The number of anilines is 1. The molecule has 4 N–H and O–H groups in total. The maximum Gasteiger partial charge on any atom is 0.326 e. The zero-order chi connectivity index (χ0) is 28.1. The Morgan fingerprint density at radius 1 is 1.31 bits per heavy atom. The van der Waals surface area contributed by atoms with Gasteiger partial charge in [-0.25, -0.2) is 19.3 Å². The number of carbonyl (C=O) groups is 2. The van der Waals surface area contributed by atoms with Crippen molar-refractivity contribution in [3.8, 4) is 12.3 Å². The average molecular weight is 553 g/mol. The number of carboxylic acids is 1. The number of hydrogen-bond acceptors (Lipinski definition) is 8. The molecule has 0 saturated heterocycles. The van der Waals surface area contributed by atoms with Gasteiger partial charge in [0.25, 0.3) is 11.5 Å². The molecular weight excluding hydrogens is 531 g/mol. The summed E-state index contributed by atoms with van der Waals surface area (Å²) in [6.45, 7) is 1.86. The standard InChI is InChI=1S/C25H22ClFN8O4/c1-3-8-35(12-14-9-17-21(11-18(14)26)28-13(2)29-24(17)37)15-4-5-16(19(27)10-15)23(36)30-20(25(38)39)6-7-22-31-33-34-32-22/h1,4-5,9-11,20H,6-8,12H2,2H3,(H,30,36)(H,38,39)(H,28,29,37)(H,31,32,33,34)/t20-/m0/s1. The fraction of sp³-hybridized carbons (Fsp3) is 0.240. The molecule has 4 aromatic rings. The molecule has 200 valence electrons. The van der Waals surface area contributed by atoms with E-state index >= 15 is 4.39 Å². The zero-order valence-corrected chi connectivity index (χ0v) is 21.3. The third-order valence-electron chi connectivity index (χ3n) is 5.86. The van der Waals surface area contributed by atoms with Crippen molar-refractivity contribution < 1.29 is 19.1 Å². The van der Waals surface area contributed by atoms with Gasteiger partial charge in [0.2, 0.25) is 0 Å². The second-order valence-electron chi connectivity index (χ2n) is 8.59. The van der Waals surface area contributed by atoms with Crippen LogP contribution in [0.15, 0.2) is 35.1 Å². The number of nitrogens with one attached hydrogen (secondary N) is 3. The predicted octanol–water partition coefficient (Wildman–Crippen LogP) is 1.99. The second kappa shape index (κ2) is 11.7. The smallest absolute Gasteiger partial charge is 0.326 e. The number of fused-ring (bicyclic) bond motifs is 1. The molecule has 39 heavy (non-hydrogen) atoms. The van der Waals surface area contributed by atoms with Crippen LogP contribution in [-0.4, -0.2) is 60.2 Å². The van der Waals surface area contributed by atoms with Crippen LogP contribution in [0, 0.1) is 25.1 Å². The molecule has 0 saturated carbocycles. The summed E-state index contributed by atoms with van der Waals surface area (Å²) in [5, 5.41) is 25.5. The van der Waals surface area contributed by atoms with Crippen LogP contribution in [0.3, 0.4) is 0 Å². The number of hydrogen-bond donors (Lipinski definition) is 4. The minimum absolute atomic E-state index is 0.0158. The lowest BCUT2D eigenvalue weighted by Crippen LogP contribution is -2.41. The van der Waals surface area contributed by atoms with Crippen LogP contribution in [0.25, 0.3) is 10.9 Å². The first kappa shape index (κ1) is 27.2. The normalized spacial score (nSPS) is 11.6. The lowest BCUT2D eigenvalue weighted by molar-refractivity contribution is -0.139. The summed E-state index contributed by atoms with van der Waals surface area (Å²) in [5.74, 6) is 0.238. The third-order valence-corrected chi connectivity index (χ3v) is 6.21. The highest BCUT2D eigenvalue weighted by molar-refractivity contribution is 6.32. The van der Waals surface area contributed by atoms with Crippen molar-refractivity contribution in [2.24, 2.45) is 0 Å². The molecule has 0 aliphatic heterocycles. The third kappa shape index (κ3) is 6.36. The number of H-pyrrole nitrogens is 2. The molecule has 12 nitrogen and oxygen atoms in total. The zero-order valence-electron chi connectivity index (χ0n) is 20.5. The summed E-state index contributed by atoms with van der Waals surface area (Å²) in [7, 11) is 0. The van der Waals surface area contributed by atoms with Crippen molar-refractivity contribution in [1.82, 2.24) is 35.9 Å². The van der Waals surface area contributed by atoms with Gasteiger partial charge >= 0.3 is 5.97 Å². The van der Waals surface area contributed by atoms with Gasteiger partial charge in [0.05, 0.1) is 23.0 Å². The molecule has 4 rings (SSSR count). The molecule has 0 spiro atoms. The number of tetrazole rings is 1. The number of rotatable bonds is 10. The van der Waals surface area contributed by atoms with Gasteiger partial charge in [0.15, 0.2) is 0 Å². The Kier molecular flexibility index (Phi) is 8.16. The van der Waals surface area contributed by atoms with Crippen molar-refractivity contribution in [1.29, 1.82) is 0 Å². The first-order valence-electron chi connectivity index (χ1n) is 11.6. The molecule has 2 aromatic carbocycles. The number of terminal acetylenes is 1. The number of amides is 1. The lowest BCUT2D eigenvalue weighted by Gasteiger charge is -2.24. The fourth-order valence-electron chi connectivity index (χ4n) is 3.94. The molecule has 0 bridgehead atoms. The van der Waals surface area contributed by atoms with Crippen molar-refractivity contribution in [2.45, 2.75) is 32.4 Å². The molecule has 1 atom stereocenters. The van der Waals surface area contributed by atoms with E-state index < -0.39 is 23.7 Å². The van der Waals surface area contributed by atoms with E-state index in [0.717, 1.165) is 6.07 Å². The highest BCUT2D eigenvalue weighted by Gasteiger charge is 2.23. The van der Waals surface area contributed by atoms with Gasteiger partial charge in [0.1, 0.15) is 23.5 Å². The summed E-state index contributed by atoms with van der Waals surface area (Å²) in [6.07, 6.45) is 5.68. The van der Waals surface area contributed by atoms with Gasteiger partial charge in [0, 0.05) is 23.7 Å². The van der Waals surface area contributed by atoms with Crippen molar-refractivity contribution in [3.05, 3.63) is 74.3 Å². The number of aliphatic carboxylic acids is 1. The first-order valence-corrected chi connectivity index (χ1v) is 12.0. The van der Waals surface area contributed by atoms with E-state index in [1.807, 2.05) is 0 Å². The summed E-state index contributed by atoms with van der Waals surface area (Å²) in [6, 6.07) is 5.73. The van der Waals surface area contributed by atoms with Crippen molar-refractivity contribution >= 4 is 40.1 Å². The maximum absolute atomic E-state index is 15.1. The van der Waals surface area contributed by atoms with Gasteiger partial charge in [-0.15, -0.1) is 11.5 Å². The Labute approximate surface area is 225 Å². The predicted molar refractivity (Wildman–Crippen MR) is 140 cm³/mol. The Bertz CT molecular complexity index is 1630. The number of carbonyl (C=O) groups excluding carboxylic acids is 1.